The van der Waals surface area contributed by atoms with Crippen LogP contribution in [0.2, 0.25) is 5.15 Å². The average molecular weight is 245 g/mol. The molecule has 0 fully saturated rings. The largest absolute Gasteiger partial charge is 0.229 e. The summed E-state index contributed by atoms with van der Waals surface area (Å²) in [5, 5.41) is 1.30. The van der Waals surface area contributed by atoms with Gasteiger partial charge in [0.25, 0.3) is 0 Å². The van der Waals surface area contributed by atoms with Gasteiger partial charge in [-0.3, -0.25) is 0 Å². The number of halogens is 1. The highest BCUT2D eigenvalue weighted by atomic mass is 35.5. The first-order valence-electron chi connectivity index (χ1n) is 3.69. The van der Waals surface area contributed by atoms with Crippen LogP contribution in [0.3, 0.4) is 0 Å². The van der Waals surface area contributed by atoms with E-state index in [0.717, 1.165) is 14.9 Å². The predicted molar refractivity (Wildman–Crippen MR) is 55.8 cm³/mol. The molecular weight excluding hydrogens is 240 g/mol. The molecule has 0 aromatic carbocycles. The van der Waals surface area contributed by atoms with Gasteiger partial charge < -0.3 is 0 Å². The van der Waals surface area contributed by atoms with Gasteiger partial charge in [0.2, 0.25) is 0 Å². The first-order valence-corrected chi connectivity index (χ1v) is 5.66. The second-order valence-corrected chi connectivity index (χ2v) is 4.78. The van der Waals surface area contributed by atoms with Crippen molar-refractivity contribution in [3.8, 4) is 0 Å². The van der Waals surface area contributed by atoms with Gasteiger partial charge in [-0.25, -0.2) is 15.0 Å². The lowest BCUT2D eigenvalue weighted by Crippen LogP contribution is -1.89. The molecule has 2 heterocycles. The van der Waals surface area contributed by atoms with Crippen LogP contribution in [0.1, 0.15) is 5.56 Å². The quantitative estimate of drug-likeness (QED) is 0.760. The molecule has 0 aliphatic rings. The second-order valence-electron chi connectivity index (χ2n) is 2.40. The predicted octanol–water partition coefficient (Wildman–Crippen LogP) is 2.44. The third-order valence-corrected chi connectivity index (χ3v) is 3.70. The number of rotatable bonds is 2. The van der Waals surface area contributed by atoms with Crippen LogP contribution >= 0.6 is 34.9 Å². The molecule has 0 saturated carbocycles. The highest BCUT2D eigenvalue weighted by Crippen LogP contribution is 2.30. The third kappa shape index (κ3) is 2.02. The summed E-state index contributed by atoms with van der Waals surface area (Å²) < 4.78 is 4.75. The number of nitrogens with zero attached hydrogens (tertiary/aromatic N) is 4. The summed E-state index contributed by atoms with van der Waals surface area (Å²) in [6, 6.07) is 0. The zero-order chi connectivity index (χ0) is 9.97. The van der Waals surface area contributed by atoms with Crippen LogP contribution in [0.15, 0.2) is 22.0 Å². The first kappa shape index (κ1) is 9.82. The lowest BCUT2D eigenvalue weighted by molar-refractivity contribution is 1.00. The van der Waals surface area contributed by atoms with Gasteiger partial charge in [0.1, 0.15) is 22.8 Å². The lowest BCUT2D eigenvalue weighted by atomic mass is 10.4. The van der Waals surface area contributed by atoms with Gasteiger partial charge >= 0.3 is 0 Å². The van der Waals surface area contributed by atoms with E-state index < -0.39 is 0 Å². The maximum atomic E-state index is 5.86. The molecule has 0 unspecified atom stereocenters. The fourth-order valence-electron chi connectivity index (χ4n) is 0.807. The van der Waals surface area contributed by atoms with E-state index in [4.69, 9.17) is 11.6 Å². The summed E-state index contributed by atoms with van der Waals surface area (Å²) in [6.07, 6.45) is 2.96. The molecule has 0 amide bonds. The molecule has 4 nitrogen and oxygen atoms in total. The monoisotopic (exact) mass is 244 g/mol. The SMILES string of the molecule is Cc1c(Cl)ncnc1Sc1ncns1. The Morgan fingerprint density at radius 1 is 1.29 bits per heavy atom. The molecule has 7 heteroatoms. The maximum Gasteiger partial charge on any atom is 0.176 e. The van der Waals surface area contributed by atoms with Gasteiger partial charge in [-0.05, 0) is 30.2 Å². The van der Waals surface area contributed by atoms with Crippen LogP contribution < -0.4 is 0 Å². The molecule has 0 spiro atoms. The van der Waals surface area contributed by atoms with E-state index >= 15 is 0 Å². The molecule has 2 aromatic rings. The lowest BCUT2D eigenvalue weighted by Gasteiger charge is -2.01. The number of hydrogen-bond donors (Lipinski definition) is 0. The van der Waals surface area contributed by atoms with Crippen LogP contribution in [-0.2, 0) is 0 Å². The molecule has 0 aliphatic heterocycles. The number of aromatic nitrogens is 4. The Bertz CT molecular complexity index is 431. The third-order valence-electron chi connectivity index (χ3n) is 1.50. The Hall–Kier alpha value is -0.720. The van der Waals surface area contributed by atoms with Crippen LogP contribution in [0.25, 0.3) is 0 Å². The van der Waals surface area contributed by atoms with E-state index in [-0.39, 0.29) is 0 Å². The van der Waals surface area contributed by atoms with Crippen molar-refractivity contribution in [1.82, 2.24) is 19.3 Å². The Morgan fingerprint density at radius 2 is 2.14 bits per heavy atom. The van der Waals surface area contributed by atoms with Crippen LogP contribution in [0.5, 0.6) is 0 Å². The molecule has 0 N–H and O–H groups in total. The maximum absolute atomic E-state index is 5.86. The van der Waals surface area contributed by atoms with Gasteiger partial charge in [-0.15, -0.1) is 0 Å². The topological polar surface area (TPSA) is 51.6 Å². The van der Waals surface area contributed by atoms with Gasteiger partial charge in [0.05, 0.1) is 0 Å². The smallest absolute Gasteiger partial charge is 0.176 e. The van der Waals surface area contributed by atoms with E-state index in [1.165, 1.54) is 35.9 Å². The fourth-order valence-corrected chi connectivity index (χ4v) is 2.41. The summed E-state index contributed by atoms with van der Waals surface area (Å²) in [6.45, 7) is 1.88. The molecule has 0 aliphatic carbocycles. The second kappa shape index (κ2) is 4.20. The van der Waals surface area contributed by atoms with E-state index in [2.05, 4.69) is 19.3 Å². The normalized spacial score (nSPS) is 10.4. The molecule has 2 aromatic heterocycles. The zero-order valence-corrected chi connectivity index (χ0v) is 9.53. The fraction of sp³-hybridized carbons (Fsp3) is 0.143. The highest BCUT2D eigenvalue weighted by molar-refractivity contribution is 8.00. The molecule has 0 atom stereocenters. The van der Waals surface area contributed by atoms with Gasteiger partial charge in [-0.1, -0.05) is 11.6 Å². The van der Waals surface area contributed by atoms with Crippen molar-refractivity contribution in [2.75, 3.05) is 0 Å². The average Bonchev–Trinajstić information content (AvgIpc) is 2.66. The Morgan fingerprint density at radius 3 is 2.86 bits per heavy atom. The zero-order valence-electron chi connectivity index (χ0n) is 7.14. The standard InChI is InChI=1S/C7H5ClN4S2/c1-4-5(8)9-2-10-6(4)13-7-11-3-12-14-7/h2-3H,1H3. The summed E-state index contributed by atoms with van der Waals surface area (Å²) in [5.74, 6) is 0. The van der Waals surface area contributed by atoms with Crippen molar-refractivity contribution in [3.63, 3.8) is 0 Å². The van der Waals surface area contributed by atoms with Crippen LogP contribution in [-0.4, -0.2) is 19.3 Å². The summed E-state index contributed by atoms with van der Waals surface area (Å²) >= 11 is 8.63. The van der Waals surface area contributed by atoms with Gasteiger partial charge in [0.15, 0.2) is 4.34 Å². The van der Waals surface area contributed by atoms with Crippen molar-refractivity contribution in [2.45, 2.75) is 16.3 Å². The molecule has 0 bridgehead atoms. The van der Waals surface area contributed by atoms with Gasteiger partial charge in [-0.2, -0.15) is 4.37 Å². The minimum atomic E-state index is 0.479. The minimum absolute atomic E-state index is 0.479. The number of hydrogen-bond acceptors (Lipinski definition) is 6. The van der Waals surface area contributed by atoms with Crippen molar-refractivity contribution < 1.29 is 0 Å². The first-order chi connectivity index (χ1) is 6.77. The summed E-state index contributed by atoms with van der Waals surface area (Å²) in [5.41, 5.74) is 0.870. The molecule has 2 rings (SSSR count). The summed E-state index contributed by atoms with van der Waals surface area (Å²) in [7, 11) is 0. The van der Waals surface area contributed by atoms with Gasteiger partial charge in [0, 0.05) is 5.56 Å². The molecule has 0 saturated heterocycles. The Balaban J connectivity index is 2.29. The summed E-state index contributed by atoms with van der Waals surface area (Å²) in [4.78, 5) is 12.0. The molecule has 14 heavy (non-hydrogen) atoms. The minimum Gasteiger partial charge on any atom is -0.229 e. The van der Waals surface area contributed by atoms with Crippen LogP contribution in [0, 0.1) is 6.92 Å². The van der Waals surface area contributed by atoms with E-state index in [1.54, 1.807) is 0 Å². The highest BCUT2D eigenvalue weighted by Gasteiger charge is 2.08. The molecular formula is C7H5ClN4S2. The molecule has 72 valence electrons. The molecule has 0 radical (unpaired) electrons. The Kier molecular flexibility index (Phi) is 2.95. The van der Waals surface area contributed by atoms with E-state index in [0.29, 0.717) is 5.15 Å². The Labute approximate surface area is 93.9 Å². The van der Waals surface area contributed by atoms with Crippen molar-refractivity contribution >= 4 is 34.9 Å². The van der Waals surface area contributed by atoms with Crippen molar-refractivity contribution in [1.29, 1.82) is 0 Å². The van der Waals surface area contributed by atoms with Crippen molar-refractivity contribution in [3.05, 3.63) is 23.4 Å². The van der Waals surface area contributed by atoms with E-state index in [9.17, 15) is 0 Å². The van der Waals surface area contributed by atoms with E-state index in [1.807, 2.05) is 6.92 Å². The van der Waals surface area contributed by atoms with Crippen LogP contribution in [0.4, 0.5) is 0 Å². The van der Waals surface area contributed by atoms with Crippen molar-refractivity contribution in [2.24, 2.45) is 0 Å².